The van der Waals surface area contributed by atoms with Crippen LogP contribution in [0.2, 0.25) is 0 Å². The first-order valence-electron chi connectivity index (χ1n) is 12.6. The van der Waals surface area contributed by atoms with Crippen molar-refractivity contribution in [3.05, 3.63) is 102 Å². The lowest BCUT2D eigenvalue weighted by Gasteiger charge is -2.39. The minimum absolute atomic E-state index is 0.00604. The summed E-state index contributed by atoms with van der Waals surface area (Å²) >= 11 is 1.77. The van der Waals surface area contributed by atoms with Gasteiger partial charge < -0.3 is 15.7 Å². The monoisotopic (exact) mass is 495 g/mol. The molecule has 2 heterocycles. The van der Waals surface area contributed by atoms with Crippen molar-refractivity contribution < 1.29 is 4.79 Å². The van der Waals surface area contributed by atoms with Crippen molar-refractivity contribution in [3.8, 4) is 0 Å². The highest BCUT2D eigenvalue weighted by Gasteiger charge is 2.46. The molecule has 0 bridgehead atoms. The fraction of sp³-hybridized carbons (Fsp3) is 0.258. The molecule has 4 N–H and O–H groups in total. The molecule has 0 fully saturated rings. The van der Waals surface area contributed by atoms with E-state index in [0.29, 0.717) is 6.42 Å². The molecule has 5 aromatic rings. The zero-order valence-electron chi connectivity index (χ0n) is 21.0. The van der Waals surface area contributed by atoms with E-state index >= 15 is 0 Å². The summed E-state index contributed by atoms with van der Waals surface area (Å²) in [6, 6.07) is 25.0. The number of hydrogen-bond acceptors (Lipinski definition) is 2. The number of aromatic nitrogens is 2. The van der Waals surface area contributed by atoms with Crippen molar-refractivity contribution >= 4 is 39.5 Å². The van der Waals surface area contributed by atoms with Gasteiger partial charge in [-0.05, 0) is 53.0 Å². The number of benzene rings is 3. The van der Waals surface area contributed by atoms with Crippen LogP contribution in [0.5, 0.6) is 0 Å². The van der Waals surface area contributed by atoms with Gasteiger partial charge in [-0.1, -0.05) is 75.4 Å². The van der Waals surface area contributed by atoms with Crippen molar-refractivity contribution in [3.63, 3.8) is 0 Å². The Balaban J connectivity index is 1.77. The number of fused-ring (bicyclic) bond motifs is 2. The van der Waals surface area contributed by atoms with Crippen LogP contribution in [-0.4, -0.2) is 21.6 Å². The maximum atomic E-state index is 13.6. The molecule has 5 rings (SSSR count). The smallest absolute Gasteiger partial charge is 0.228 e. The Morgan fingerprint density at radius 1 is 0.861 bits per heavy atom. The molecule has 4 nitrogen and oxygen atoms in total. The van der Waals surface area contributed by atoms with Gasteiger partial charge in [-0.15, -0.1) is 11.8 Å². The average Bonchev–Trinajstić information content (AvgIpc) is 3.50. The van der Waals surface area contributed by atoms with Crippen LogP contribution in [0.3, 0.4) is 0 Å². The molecule has 0 radical (unpaired) electrons. The standard InChI is InChI=1S/C31H33N3OS/c1-4-36-29-16-10-7-13-26(29)31(20(2)3,30(32)35)17-23(24-18-33-27-14-8-5-11-21(24)27)25-19-34-28-15-9-6-12-22(25)28/h5-16,18-20,23,33-34H,4,17H2,1-3H3,(H2,32,35). The lowest BCUT2D eigenvalue weighted by Crippen LogP contribution is -2.47. The first kappa shape index (κ1) is 24.3. The van der Waals surface area contributed by atoms with Gasteiger partial charge in [-0.2, -0.15) is 0 Å². The first-order chi connectivity index (χ1) is 17.5. The Bertz CT molecular complexity index is 1440. The maximum Gasteiger partial charge on any atom is 0.228 e. The molecule has 184 valence electrons. The van der Waals surface area contributed by atoms with Gasteiger partial charge in [0.25, 0.3) is 0 Å². The lowest BCUT2D eigenvalue weighted by molar-refractivity contribution is -0.125. The molecular formula is C31H33N3OS. The van der Waals surface area contributed by atoms with Gasteiger partial charge in [-0.3, -0.25) is 4.79 Å². The third-order valence-corrected chi connectivity index (χ3v) is 8.57. The summed E-state index contributed by atoms with van der Waals surface area (Å²) in [5, 5.41) is 2.34. The second-order valence-corrected chi connectivity index (χ2v) is 11.1. The third-order valence-electron chi connectivity index (χ3n) is 7.61. The molecule has 1 unspecified atom stereocenters. The Labute approximate surface area is 216 Å². The van der Waals surface area contributed by atoms with Crippen molar-refractivity contribution in [2.24, 2.45) is 11.7 Å². The van der Waals surface area contributed by atoms with Crippen LogP contribution in [0.15, 0.2) is 90.1 Å². The van der Waals surface area contributed by atoms with E-state index in [1.54, 1.807) is 11.8 Å². The van der Waals surface area contributed by atoms with Gasteiger partial charge in [0.1, 0.15) is 0 Å². The first-order valence-corrected chi connectivity index (χ1v) is 13.6. The highest BCUT2D eigenvalue weighted by molar-refractivity contribution is 7.99. The molecule has 3 aromatic carbocycles. The summed E-state index contributed by atoms with van der Waals surface area (Å²) in [6.45, 7) is 6.39. The number of primary amides is 1. The Morgan fingerprint density at radius 2 is 1.39 bits per heavy atom. The van der Waals surface area contributed by atoms with Crippen LogP contribution in [-0.2, 0) is 10.2 Å². The summed E-state index contributed by atoms with van der Waals surface area (Å²) in [5.41, 5.74) is 11.1. The number of amides is 1. The zero-order chi connectivity index (χ0) is 25.3. The Hall–Kier alpha value is -3.44. The van der Waals surface area contributed by atoms with Crippen molar-refractivity contribution in [2.45, 2.75) is 43.4 Å². The van der Waals surface area contributed by atoms with Crippen LogP contribution in [0.1, 0.15) is 49.8 Å². The molecule has 0 aliphatic rings. The molecule has 2 aromatic heterocycles. The molecular weight excluding hydrogens is 462 g/mol. The molecule has 0 saturated heterocycles. The van der Waals surface area contributed by atoms with E-state index in [-0.39, 0.29) is 17.7 Å². The summed E-state index contributed by atoms with van der Waals surface area (Å²) in [6.07, 6.45) is 4.79. The van der Waals surface area contributed by atoms with Crippen LogP contribution in [0.25, 0.3) is 21.8 Å². The fourth-order valence-electron chi connectivity index (χ4n) is 5.77. The number of hydrogen-bond donors (Lipinski definition) is 3. The number of nitrogens with two attached hydrogens (primary N) is 1. The summed E-state index contributed by atoms with van der Waals surface area (Å²) in [7, 11) is 0. The number of aromatic amines is 2. The van der Waals surface area contributed by atoms with Gasteiger partial charge in [-0.25, -0.2) is 0 Å². The van der Waals surface area contributed by atoms with E-state index in [2.05, 4.69) is 91.7 Å². The molecule has 36 heavy (non-hydrogen) atoms. The molecule has 0 aliphatic heterocycles. The summed E-state index contributed by atoms with van der Waals surface area (Å²) in [4.78, 5) is 21.7. The molecule has 0 spiro atoms. The van der Waals surface area contributed by atoms with E-state index in [1.165, 1.54) is 21.9 Å². The van der Waals surface area contributed by atoms with E-state index in [9.17, 15) is 4.79 Å². The highest BCUT2D eigenvalue weighted by Crippen LogP contribution is 2.48. The number of carbonyl (C=O) groups is 1. The van der Waals surface area contributed by atoms with Crippen LogP contribution >= 0.6 is 11.8 Å². The van der Waals surface area contributed by atoms with E-state index in [4.69, 9.17) is 5.73 Å². The second-order valence-electron chi connectivity index (χ2n) is 9.76. The molecule has 1 amide bonds. The number of thioether (sulfide) groups is 1. The second kappa shape index (κ2) is 9.90. The molecule has 0 aliphatic carbocycles. The Kier molecular flexibility index (Phi) is 6.67. The predicted molar refractivity (Wildman–Crippen MR) is 152 cm³/mol. The molecule has 0 saturated carbocycles. The van der Waals surface area contributed by atoms with E-state index in [1.807, 2.05) is 24.3 Å². The summed E-state index contributed by atoms with van der Waals surface area (Å²) < 4.78 is 0. The maximum absolute atomic E-state index is 13.6. The number of H-pyrrole nitrogens is 2. The number of carbonyl (C=O) groups excluding carboxylic acids is 1. The van der Waals surface area contributed by atoms with Gasteiger partial charge in [0.2, 0.25) is 5.91 Å². The van der Waals surface area contributed by atoms with Gasteiger partial charge in [0.15, 0.2) is 0 Å². The largest absolute Gasteiger partial charge is 0.369 e. The minimum atomic E-state index is -0.847. The minimum Gasteiger partial charge on any atom is -0.369 e. The highest BCUT2D eigenvalue weighted by atomic mass is 32.2. The lowest BCUT2D eigenvalue weighted by atomic mass is 9.64. The van der Waals surface area contributed by atoms with E-state index in [0.717, 1.165) is 27.2 Å². The topological polar surface area (TPSA) is 74.7 Å². The normalized spacial score (nSPS) is 13.6. The molecule has 1 atom stereocenters. The summed E-state index contributed by atoms with van der Waals surface area (Å²) in [5.74, 6) is 0.614. The third kappa shape index (κ3) is 4.01. The van der Waals surface area contributed by atoms with Crippen molar-refractivity contribution in [1.29, 1.82) is 0 Å². The predicted octanol–water partition coefficient (Wildman–Crippen LogP) is 7.36. The number of nitrogens with one attached hydrogen (secondary N) is 2. The quantitative estimate of drug-likeness (QED) is 0.187. The van der Waals surface area contributed by atoms with Gasteiger partial charge in [0.05, 0.1) is 5.41 Å². The SMILES string of the molecule is CCSc1ccccc1C(CC(c1c[nH]c2ccccc12)c1c[nH]c2ccccc12)(C(N)=O)C(C)C. The van der Waals surface area contributed by atoms with Gasteiger partial charge >= 0.3 is 0 Å². The Morgan fingerprint density at radius 3 is 1.92 bits per heavy atom. The number of rotatable bonds is 9. The number of para-hydroxylation sites is 2. The fourth-order valence-corrected chi connectivity index (χ4v) is 6.66. The van der Waals surface area contributed by atoms with Crippen molar-refractivity contribution in [2.75, 3.05) is 5.75 Å². The van der Waals surface area contributed by atoms with Gasteiger partial charge in [0, 0.05) is 45.0 Å². The average molecular weight is 496 g/mol. The van der Waals surface area contributed by atoms with Crippen molar-refractivity contribution in [1.82, 2.24) is 9.97 Å². The van der Waals surface area contributed by atoms with Crippen LogP contribution in [0.4, 0.5) is 0 Å². The van der Waals surface area contributed by atoms with E-state index < -0.39 is 5.41 Å². The zero-order valence-corrected chi connectivity index (χ0v) is 21.9. The molecule has 5 heteroatoms. The van der Waals surface area contributed by atoms with Crippen LogP contribution < -0.4 is 5.73 Å². The van der Waals surface area contributed by atoms with Crippen LogP contribution in [0, 0.1) is 5.92 Å².